The number of hydrogen-bond acceptors (Lipinski definition) is 3. The average molecular weight is 313 g/mol. The molecular weight excluding hydrogens is 294 g/mol. The summed E-state index contributed by atoms with van der Waals surface area (Å²) in [6.45, 7) is 6.36. The van der Waals surface area contributed by atoms with Gasteiger partial charge < -0.3 is 10.3 Å². The zero-order valence-corrected chi connectivity index (χ0v) is 13.8. The van der Waals surface area contributed by atoms with Gasteiger partial charge in [0, 0.05) is 16.0 Å². The molecule has 2 N–H and O–H groups in total. The third-order valence-corrected chi connectivity index (χ3v) is 4.27. The topological polar surface area (TPSA) is 57.8 Å². The Morgan fingerprint density at radius 2 is 2.14 bits per heavy atom. The quantitative estimate of drug-likeness (QED) is 0.764. The van der Waals surface area contributed by atoms with Crippen LogP contribution in [0.3, 0.4) is 0 Å². The van der Waals surface area contributed by atoms with Crippen LogP contribution in [0.5, 0.6) is 0 Å². The summed E-state index contributed by atoms with van der Waals surface area (Å²) >= 11 is 1.59. The first-order valence-electron chi connectivity index (χ1n) is 7.24. The van der Waals surface area contributed by atoms with E-state index in [4.69, 9.17) is 0 Å². The maximum absolute atomic E-state index is 12.1. The first kappa shape index (κ1) is 14.8. The normalized spacial score (nSPS) is 11.8. The van der Waals surface area contributed by atoms with Gasteiger partial charge in [-0.05, 0) is 29.6 Å². The van der Waals surface area contributed by atoms with Crippen LogP contribution in [0.1, 0.15) is 31.5 Å². The lowest BCUT2D eigenvalue weighted by molar-refractivity contribution is -0.115. The van der Waals surface area contributed by atoms with E-state index in [0.717, 1.165) is 27.4 Å². The number of carbonyl (C=O) groups is 1. The molecule has 0 saturated heterocycles. The molecule has 4 nitrogen and oxygen atoms in total. The number of benzene rings is 1. The summed E-state index contributed by atoms with van der Waals surface area (Å²) < 4.78 is 0. The maximum atomic E-state index is 12.1. The Balaban J connectivity index is 1.78. The van der Waals surface area contributed by atoms with Crippen molar-refractivity contribution in [3.63, 3.8) is 0 Å². The summed E-state index contributed by atoms with van der Waals surface area (Å²) in [5.74, 6) is 0.946. The summed E-state index contributed by atoms with van der Waals surface area (Å²) in [6, 6.07) is 9.68. The highest BCUT2D eigenvalue weighted by Crippen LogP contribution is 2.24. The highest BCUT2D eigenvalue weighted by molar-refractivity contribution is 7.10. The lowest BCUT2D eigenvalue weighted by Gasteiger charge is -2.13. The molecule has 1 amide bonds. The number of nitrogens with zero attached hydrogens (tertiary/aromatic N) is 1. The Kier molecular flexibility index (Phi) is 3.74. The Morgan fingerprint density at radius 1 is 1.32 bits per heavy atom. The van der Waals surface area contributed by atoms with Crippen LogP contribution in [0, 0.1) is 0 Å². The lowest BCUT2D eigenvalue weighted by atomic mass is 9.96. The number of amides is 1. The second kappa shape index (κ2) is 5.57. The molecule has 0 unspecified atom stereocenters. The highest BCUT2D eigenvalue weighted by Gasteiger charge is 2.18. The molecule has 0 bridgehead atoms. The number of fused-ring (bicyclic) bond motifs is 1. The van der Waals surface area contributed by atoms with Gasteiger partial charge in [-0.2, -0.15) is 0 Å². The van der Waals surface area contributed by atoms with Gasteiger partial charge in [-0.1, -0.05) is 26.8 Å². The number of imidazole rings is 1. The minimum Gasteiger partial charge on any atom is -0.341 e. The Labute approximate surface area is 133 Å². The maximum Gasteiger partial charge on any atom is 0.229 e. The van der Waals surface area contributed by atoms with Crippen LogP contribution in [0.25, 0.3) is 11.0 Å². The number of aromatic nitrogens is 2. The van der Waals surface area contributed by atoms with Crippen LogP contribution >= 0.6 is 11.3 Å². The second-order valence-electron chi connectivity index (χ2n) is 6.37. The number of carbonyl (C=O) groups excluding carboxylic acids is 1. The van der Waals surface area contributed by atoms with Gasteiger partial charge in [-0.3, -0.25) is 4.79 Å². The van der Waals surface area contributed by atoms with Crippen molar-refractivity contribution in [3.05, 3.63) is 46.4 Å². The highest BCUT2D eigenvalue weighted by atomic mass is 32.1. The Bertz CT molecular complexity index is 797. The SMILES string of the molecule is CC(C)(C)c1nc2ccc(NC(=O)Cc3cccs3)cc2[nH]1. The molecule has 0 fully saturated rings. The van der Waals surface area contributed by atoms with E-state index in [1.54, 1.807) is 11.3 Å². The molecule has 5 heteroatoms. The van der Waals surface area contributed by atoms with Crippen LogP contribution in [0.4, 0.5) is 5.69 Å². The predicted octanol–water partition coefficient (Wildman–Crippen LogP) is 4.10. The van der Waals surface area contributed by atoms with Gasteiger partial charge in [0.15, 0.2) is 0 Å². The van der Waals surface area contributed by atoms with Crippen molar-refractivity contribution in [3.8, 4) is 0 Å². The molecular formula is C17H19N3OS. The van der Waals surface area contributed by atoms with Gasteiger partial charge in [0.1, 0.15) is 5.82 Å². The molecule has 0 aliphatic heterocycles. The van der Waals surface area contributed by atoms with Gasteiger partial charge in [0.25, 0.3) is 0 Å². The van der Waals surface area contributed by atoms with E-state index in [9.17, 15) is 4.79 Å². The molecule has 2 aromatic heterocycles. The van der Waals surface area contributed by atoms with Gasteiger partial charge in [0.05, 0.1) is 17.5 Å². The van der Waals surface area contributed by atoms with Crippen molar-refractivity contribution in [1.82, 2.24) is 9.97 Å². The standard InChI is InChI=1S/C17H19N3OS/c1-17(2,3)16-19-13-7-6-11(9-14(13)20-16)18-15(21)10-12-5-4-8-22-12/h4-9H,10H2,1-3H3,(H,18,21)(H,19,20). The van der Waals surface area contributed by atoms with Crippen LogP contribution in [-0.4, -0.2) is 15.9 Å². The zero-order valence-electron chi connectivity index (χ0n) is 12.9. The first-order valence-corrected chi connectivity index (χ1v) is 8.12. The van der Waals surface area contributed by atoms with Crippen LogP contribution in [-0.2, 0) is 16.6 Å². The molecule has 0 aliphatic carbocycles. The fraction of sp³-hybridized carbons (Fsp3) is 0.294. The molecule has 3 aromatic rings. The minimum absolute atomic E-state index is 0.00244. The molecule has 3 rings (SSSR count). The van der Waals surface area contributed by atoms with Crippen LogP contribution in [0.15, 0.2) is 35.7 Å². The molecule has 22 heavy (non-hydrogen) atoms. The molecule has 0 spiro atoms. The summed E-state index contributed by atoms with van der Waals surface area (Å²) in [6.07, 6.45) is 0.409. The number of anilines is 1. The van der Waals surface area contributed by atoms with E-state index in [2.05, 4.69) is 36.1 Å². The summed E-state index contributed by atoms with van der Waals surface area (Å²) in [5, 5.41) is 4.92. The number of thiophene rings is 1. The smallest absolute Gasteiger partial charge is 0.229 e. The van der Waals surface area contributed by atoms with Crippen molar-refractivity contribution in [2.75, 3.05) is 5.32 Å². The summed E-state index contributed by atoms with van der Waals surface area (Å²) in [7, 11) is 0. The molecule has 2 heterocycles. The molecule has 0 saturated carbocycles. The van der Waals surface area contributed by atoms with Gasteiger partial charge in [-0.25, -0.2) is 4.98 Å². The van der Waals surface area contributed by atoms with Crippen molar-refractivity contribution < 1.29 is 4.79 Å². The van der Waals surface area contributed by atoms with E-state index in [1.807, 2.05) is 35.7 Å². The Morgan fingerprint density at radius 3 is 2.82 bits per heavy atom. The number of H-pyrrole nitrogens is 1. The average Bonchev–Trinajstić information content (AvgIpc) is 3.06. The summed E-state index contributed by atoms with van der Waals surface area (Å²) in [5.41, 5.74) is 2.62. The van der Waals surface area contributed by atoms with Crippen LogP contribution in [0.2, 0.25) is 0 Å². The van der Waals surface area contributed by atoms with E-state index in [1.165, 1.54) is 0 Å². The van der Waals surface area contributed by atoms with Gasteiger partial charge in [-0.15, -0.1) is 11.3 Å². The number of hydrogen-bond donors (Lipinski definition) is 2. The predicted molar refractivity (Wildman–Crippen MR) is 91.4 cm³/mol. The number of nitrogens with one attached hydrogen (secondary N) is 2. The largest absolute Gasteiger partial charge is 0.341 e. The fourth-order valence-corrected chi connectivity index (χ4v) is 2.92. The van der Waals surface area contributed by atoms with E-state index in [0.29, 0.717) is 6.42 Å². The van der Waals surface area contributed by atoms with Gasteiger partial charge in [0.2, 0.25) is 5.91 Å². The van der Waals surface area contributed by atoms with Crippen LogP contribution < -0.4 is 5.32 Å². The second-order valence-corrected chi connectivity index (χ2v) is 7.40. The van der Waals surface area contributed by atoms with Crippen molar-refractivity contribution in [2.24, 2.45) is 0 Å². The van der Waals surface area contributed by atoms with E-state index in [-0.39, 0.29) is 11.3 Å². The van der Waals surface area contributed by atoms with E-state index < -0.39 is 0 Å². The first-order chi connectivity index (χ1) is 10.4. The zero-order chi connectivity index (χ0) is 15.7. The Hall–Kier alpha value is -2.14. The fourth-order valence-electron chi connectivity index (χ4n) is 2.22. The third-order valence-electron chi connectivity index (χ3n) is 3.39. The number of aromatic amines is 1. The molecule has 0 atom stereocenters. The monoisotopic (exact) mass is 313 g/mol. The third kappa shape index (κ3) is 3.20. The summed E-state index contributed by atoms with van der Waals surface area (Å²) in [4.78, 5) is 21.0. The molecule has 0 aliphatic rings. The van der Waals surface area contributed by atoms with Crippen molar-refractivity contribution >= 4 is 34.0 Å². The van der Waals surface area contributed by atoms with Gasteiger partial charge >= 0.3 is 0 Å². The minimum atomic E-state index is -0.0262. The molecule has 0 radical (unpaired) electrons. The molecule has 114 valence electrons. The van der Waals surface area contributed by atoms with Crippen molar-refractivity contribution in [1.29, 1.82) is 0 Å². The molecule has 1 aromatic carbocycles. The van der Waals surface area contributed by atoms with Crippen molar-refractivity contribution in [2.45, 2.75) is 32.6 Å². The van der Waals surface area contributed by atoms with E-state index >= 15 is 0 Å². The number of rotatable bonds is 3. The lowest BCUT2D eigenvalue weighted by Crippen LogP contribution is -2.13.